The monoisotopic (exact) mass is 254 g/mol. The molecule has 0 amide bonds. The van der Waals surface area contributed by atoms with Crippen molar-refractivity contribution in [1.82, 2.24) is 5.32 Å². The van der Waals surface area contributed by atoms with Gasteiger partial charge in [0, 0.05) is 18.5 Å². The van der Waals surface area contributed by atoms with Gasteiger partial charge in [-0.25, -0.2) is 0 Å². The van der Waals surface area contributed by atoms with E-state index in [2.05, 4.69) is 29.6 Å². The lowest BCUT2D eigenvalue weighted by Crippen LogP contribution is -2.19. The Labute approximate surface area is 113 Å². The molecule has 0 spiro atoms. The average molecular weight is 254 g/mol. The van der Waals surface area contributed by atoms with Crippen LogP contribution in [0, 0.1) is 17.2 Å². The summed E-state index contributed by atoms with van der Waals surface area (Å²) in [6, 6.07) is 14.5. The van der Waals surface area contributed by atoms with E-state index in [4.69, 9.17) is 10.00 Å². The number of hydrogen-bond acceptors (Lipinski definition) is 3. The summed E-state index contributed by atoms with van der Waals surface area (Å²) < 4.78 is 5.38. The zero-order chi connectivity index (χ0) is 13.7. The summed E-state index contributed by atoms with van der Waals surface area (Å²) in [5.74, 6) is 0.925. The third kappa shape index (κ3) is 3.04. The maximum atomic E-state index is 8.77. The van der Waals surface area contributed by atoms with Gasteiger partial charge in [-0.3, -0.25) is 0 Å². The van der Waals surface area contributed by atoms with Crippen LogP contribution in [0.15, 0.2) is 36.4 Å². The Morgan fingerprint density at radius 2 is 1.95 bits per heavy atom. The molecule has 3 heteroatoms. The Morgan fingerprint density at radius 3 is 2.63 bits per heavy atom. The van der Waals surface area contributed by atoms with E-state index in [1.165, 1.54) is 10.9 Å². The van der Waals surface area contributed by atoms with E-state index >= 15 is 0 Å². The number of hydrogen-bond donors (Lipinski definition) is 1. The van der Waals surface area contributed by atoms with Crippen LogP contribution in [0.5, 0.6) is 5.75 Å². The highest BCUT2D eigenvalue weighted by atomic mass is 16.5. The highest BCUT2D eigenvalue weighted by Gasteiger charge is 2.06. The molecule has 0 radical (unpaired) electrons. The fraction of sp³-hybridized carbons (Fsp3) is 0.312. The fourth-order valence-electron chi connectivity index (χ4n) is 2.13. The molecule has 0 saturated heterocycles. The van der Waals surface area contributed by atoms with Gasteiger partial charge in [0.2, 0.25) is 0 Å². The second-order valence-corrected chi connectivity index (χ2v) is 4.63. The quantitative estimate of drug-likeness (QED) is 0.891. The van der Waals surface area contributed by atoms with Crippen molar-refractivity contribution in [3.05, 3.63) is 42.0 Å². The van der Waals surface area contributed by atoms with Crippen LogP contribution >= 0.6 is 0 Å². The van der Waals surface area contributed by atoms with Crippen molar-refractivity contribution in [1.29, 1.82) is 5.26 Å². The molecule has 1 N–H and O–H groups in total. The molecule has 0 saturated carbocycles. The minimum absolute atomic E-state index is 0.0320. The van der Waals surface area contributed by atoms with Gasteiger partial charge in [-0.1, -0.05) is 30.3 Å². The zero-order valence-electron chi connectivity index (χ0n) is 11.3. The van der Waals surface area contributed by atoms with Gasteiger partial charge in [0.05, 0.1) is 19.1 Å². The van der Waals surface area contributed by atoms with Crippen LogP contribution in [-0.2, 0) is 6.54 Å². The predicted molar refractivity (Wildman–Crippen MR) is 77.0 cm³/mol. The summed E-state index contributed by atoms with van der Waals surface area (Å²) in [7, 11) is 1.69. The number of benzene rings is 2. The molecule has 0 aliphatic rings. The average Bonchev–Trinajstić information content (AvgIpc) is 2.47. The van der Waals surface area contributed by atoms with E-state index in [0.29, 0.717) is 6.54 Å². The van der Waals surface area contributed by atoms with Gasteiger partial charge < -0.3 is 10.1 Å². The van der Waals surface area contributed by atoms with E-state index in [1.54, 1.807) is 7.11 Å². The number of nitriles is 1. The Bertz CT molecular complexity index is 601. The minimum atomic E-state index is 0.0320. The summed E-state index contributed by atoms with van der Waals surface area (Å²) in [5.41, 5.74) is 1.22. The summed E-state index contributed by atoms with van der Waals surface area (Å²) in [4.78, 5) is 0. The first-order valence-corrected chi connectivity index (χ1v) is 6.41. The van der Waals surface area contributed by atoms with Gasteiger partial charge in [0.25, 0.3) is 0 Å². The topological polar surface area (TPSA) is 45.0 Å². The molecule has 2 rings (SSSR count). The van der Waals surface area contributed by atoms with E-state index < -0.39 is 0 Å². The van der Waals surface area contributed by atoms with Gasteiger partial charge >= 0.3 is 0 Å². The summed E-state index contributed by atoms with van der Waals surface area (Å²) >= 11 is 0. The van der Waals surface area contributed by atoms with Gasteiger partial charge in [-0.15, -0.1) is 0 Å². The number of nitrogens with one attached hydrogen (secondary N) is 1. The van der Waals surface area contributed by atoms with Crippen LogP contribution in [-0.4, -0.2) is 13.7 Å². The Kier molecular flexibility index (Phi) is 4.38. The summed E-state index contributed by atoms with van der Waals surface area (Å²) in [6.45, 7) is 3.38. The van der Waals surface area contributed by atoms with Crippen molar-refractivity contribution in [3.8, 4) is 11.8 Å². The third-order valence-corrected chi connectivity index (χ3v) is 3.18. The normalized spacial score (nSPS) is 12.1. The van der Waals surface area contributed by atoms with E-state index in [1.807, 2.05) is 25.1 Å². The van der Waals surface area contributed by atoms with Crippen LogP contribution in [0.2, 0.25) is 0 Å². The summed E-state index contributed by atoms with van der Waals surface area (Å²) in [5, 5.41) is 14.4. The maximum absolute atomic E-state index is 8.77. The Morgan fingerprint density at radius 1 is 1.21 bits per heavy atom. The van der Waals surface area contributed by atoms with Gasteiger partial charge in [0.1, 0.15) is 5.75 Å². The number of ether oxygens (including phenoxy) is 1. The van der Waals surface area contributed by atoms with E-state index in [-0.39, 0.29) is 5.92 Å². The molecule has 0 bridgehead atoms. The molecule has 19 heavy (non-hydrogen) atoms. The van der Waals surface area contributed by atoms with E-state index in [9.17, 15) is 0 Å². The van der Waals surface area contributed by atoms with Crippen LogP contribution in [0.25, 0.3) is 10.8 Å². The lowest BCUT2D eigenvalue weighted by atomic mass is 10.0. The van der Waals surface area contributed by atoms with Crippen LogP contribution < -0.4 is 10.1 Å². The minimum Gasteiger partial charge on any atom is -0.496 e. The number of rotatable bonds is 5. The molecule has 0 aliphatic heterocycles. The predicted octanol–water partition coefficient (Wildman–Crippen LogP) is 3.10. The number of nitrogens with zero attached hydrogens (tertiary/aromatic N) is 1. The third-order valence-electron chi connectivity index (χ3n) is 3.18. The van der Waals surface area contributed by atoms with Crippen molar-refractivity contribution in [3.63, 3.8) is 0 Å². The lowest BCUT2D eigenvalue weighted by molar-refractivity contribution is 0.419. The first kappa shape index (κ1) is 13.4. The molecular formula is C16H18N2O. The molecule has 2 aromatic carbocycles. The Hall–Kier alpha value is -2.05. The molecule has 98 valence electrons. The van der Waals surface area contributed by atoms with Crippen molar-refractivity contribution >= 4 is 10.8 Å². The fourth-order valence-corrected chi connectivity index (χ4v) is 2.13. The molecule has 1 unspecified atom stereocenters. The molecule has 0 aliphatic carbocycles. The van der Waals surface area contributed by atoms with Crippen LogP contribution in [0.4, 0.5) is 0 Å². The van der Waals surface area contributed by atoms with Gasteiger partial charge in [0.15, 0.2) is 0 Å². The smallest absolute Gasteiger partial charge is 0.126 e. The van der Waals surface area contributed by atoms with Gasteiger partial charge in [-0.2, -0.15) is 5.26 Å². The molecule has 0 aromatic heterocycles. The molecule has 0 heterocycles. The second kappa shape index (κ2) is 6.21. The SMILES string of the molecule is COc1ccc(CNCC(C)C#N)c2ccccc12. The first-order chi connectivity index (χ1) is 9.26. The Balaban J connectivity index is 2.22. The maximum Gasteiger partial charge on any atom is 0.126 e. The molecule has 1 atom stereocenters. The lowest BCUT2D eigenvalue weighted by Gasteiger charge is -2.11. The number of fused-ring (bicyclic) bond motifs is 1. The van der Waals surface area contributed by atoms with Crippen molar-refractivity contribution in [2.45, 2.75) is 13.5 Å². The zero-order valence-corrected chi connectivity index (χ0v) is 11.3. The van der Waals surface area contributed by atoms with Crippen molar-refractivity contribution in [2.75, 3.05) is 13.7 Å². The largest absolute Gasteiger partial charge is 0.496 e. The number of methoxy groups -OCH3 is 1. The highest BCUT2D eigenvalue weighted by Crippen LogP contribution is 2.28. The standard InChI is InChI=1S/C16H18N2O/c1-12(9-17)10-18-11-13-7-8-16(19-2)15-6-4-3-5-14(13)15/h3-8,12,18H,10-11H2,1-2H3. The summed E-state index contributed by atoms with van der Waals surface area (Å²) in [6.07, 6.45) is 0. The highest BCUT2D eigenvalue weighted by molar-refractivity contribution is 5.91. The van der Waals surface area contributed by atoms with Crippen LogP contribution in [0.3, 0.4) is 0 Å². The molecular weight excluding hydrogens is 236 g/mol. The van der Waals surface area contributed by atoms with Gasteiger partial charge in [-0.05, 0) is 23.9 Å². The van der Waals surface area contributed by atoms with Crippen LogP contribution in [0.1, 0.15) is 12.5 Å². The second-order valence-electron chi connectivity index (χ2n) is 4.63. The van der Waals surface area contributed by atoms with E-state index in [0.717, 1.165) is 17.7 Å². The van der Waals surface area contributed by atoms with Crippen molar-refractivity contribution in [2.24, 2.45) is 5.92 Å². The molecule has 3 nitrogen and oxygen atoms in total. The molecule has 2 aromatic rings. The first-order valence-electron chi connectivity index (χ1n) is 6.41. The molecule has 0 fully saturated rings. The van der Waals surface area contributed by atoms with Crippen molar-refractivity contribution < 1.29 is 4.74 Å².